The summed E-state index contributed by atoms with van der Waals surface area (Å²) in [6.07, 6.45) is -2.20. The summed E-state index contributed by atoms with van der Waals surface area (Å²) in [4.78, 5) is 11.1. The molecule has 6 nitrogen and oxygen atoms in total. The molecule has 0 fully saturated rings. The molecule has 0 spiro atoms. The number of aromatic nitrogens is 1. The van der Waals surface area contributed by atoms with E-state index in [0.29, 0.717) is 4.73 Å². The fourth-order valence-corrected chi connectivity index (χ4v) is 1.19. The highest BCUT2D eigenvalue weighted by Crippen LogP contribution is 2.13. The van der Waals surface area contributed by atoms with E-state index in [0.717, 1.165) is 6.20 Å². The Balaban J connectivity index is 2.82. The van der Waals surface area contributed by atoms with E-state index in [4.69, 9.17) is 0 Å². The molecule has 0 aliphatic heterocycles. The van der Waals surface area contributed by atoms with E-state index in [-0.39, 0.29) is 12.3 Å². The zero-order chi connectivity index (χ0) is 12.1. The summed E-state index contributed by atoms with van der Waals surface area (Å²) < 4.78 is 4.91. The van der Waals surface area contributed by atoms with Crippen LogP contribution in [0.4, 0.5) is 0 Å². The lowest BCUT2D eigenvalue weighted by molar-refractivity contribution is -0.619. The predicted octanol–water partition coefficient (Wildman–Crippen LogP) is -0.723. The standard InChI is InChI=1S/C10H13NO5/c1-2-16-10(14)9(13)8(12)7-5-3-4-6-11(7)15/h3-6,8-9,12-13H,2H2,1H3/t8-,9+/m0/s1. The Morgan fingerprint density at radius 2 is 2.25 bits per heavy atom. The predicted molar refractivity (Wildman–Crippen MR) is 53.0 cm³/mol. The minimum atomic E-state index is -1.76. The number of esters is 1. The Bertz CT molecular complexity index is 368. The molecule has 0 aliphatic carbocycles. The Hall–Kier alpha value is -1.66. The first-order valence-corrected chi connectivity index (χ1v) is 4.78. The molecular formula is C10H13NO5. The van der Waals surface area contributed by atoms with Gasteiger partial charge in [-0.2, -0.15) is 4.73 Å². The SMILES string of the molecule is CCOC(=O)[C@H](O)[C@@H](O)c1cccc[n+]1[O-]. The molecule has 0 amide bonds. The zero-order valence-corrected chi connectivity index (χ0v) is 8.74. The van der Waals surface area contributed by atoms with E-state index in [1.807, 2.05) is 0 Å². The minimum absolute atomic E-state index is 0.0920. The number of aliphatic hydroxyl groups is 2. The number of carbonyl (C=O) groups excluding carboxylic acids is 1. The first-order valence-electron chi connectivity index (χ1n) is 4.78. The first-order chi connectivity index (χ1) is 7.57. The highest BCUT2D eigenvalue weighted by Gasteiger charge is 2.31. The molecule has 0 unspecified atom stereocenters. The van der Waals surface area contributed by atoms with Crippen molar-refractivity contribution in [1.29, 1.82) is 0 Å². The van der Waals surface area contributed by atoms with Crippen molar-refractivity contribution in [2.45, 2.75) is 19.1 Å². The van der Waals surface area contributed by atoms with E-state index < -0.39 is 18.2 Å². The molecule has 1 rings (SSSR count). The molecule has 1 aromatic heterocycles. The van der Waals surface area contributed by atoms with Crippen LogP contribution in [0, 0.1) is 5.21 Å². The zero-order valence-electron chi connectivity index (χ0n) is 8.74. The second-order valence-corrected chi connectivity index (χ2v) is 3.09. The van der Waals surface area contributed by atoms with Crippen molar-refractivity contribution in [3.63, 3.8) is 0 Å². The summed E-state index contributed by atoms with van der Waals surface area (Å²) in [5, 5.41) is 30.3. The van der Waals surface area contributed by atoms with Gasteiger partial charge in [0.1, 0.15) is 0 Å². The first kappa shape index (κ1) is 12.4. The Morgan fingerprint density at radius 3 is 2.81 bits per heavy atom. The van der Waals surface area contributed by atoms with Gasteiger partial charge in [-0.25, -0.2) is 4.79 Å². The molecule has 0 radical (unpaired) electrons. The maximum Gasteiger partial charge on any atom is 0.338 e. The molecule has 1 heterocycles. The van der Waals surface area contributed by atoms with Crippen LogP contribution in [0.1, 0.15) is 18.7 Å². The summed E-state index contributed by atoms with van der Waals surface area (Å²) in [5.74, 6) is -0.959. The normalized spacial score (nSPS) is 14.2. The number of hydrogen-bond donors (Lipinski definition) is 2. The van der Waals surface area contributed by atoms with Crippen molar-refractivity contribution in [2.75, 3.05) is 6.61 Å². The lowest BCUT2D eigenvalue weighted by Gasteiger charge is -2.15. The van der Waals surface area contributed by atoms with Crippen LogP contribution in [0.25, 0.3) is 0 Å². The van der Waals surface area contributed by atoms with Gasteiger partial charge >= 0.3 is 5.97 Å². The van der Waals surface area contributed by atoms with Gasteiger partial charge in [0, 0.05) is 12.1 Å². The monoisotopic (exact) mass is 227 g/mol. The van der Waals surface area contributed by atoms with Crippen molar-refractivity contribution in [3.8, 4) is 0 Å². The fraction of sp³-hybridized carbons (Fsp3) is 0.400. The van der Waals surface area contributed by atoms with Gasteiger partial charge in [-0.1, -0.05) is 0 Å². The van der Waals surface area contributed by atoms with Crippen molar-refractivity contribution in [1.82, 2.24) is 0 Å². The third kappa shape index (κ3) is 2.68. The molecule has 0 saturated heterocycles. The molecule has 0 aliphatic rings. The van der Waals surface area contributed by atoms with Gasteiger partial charge < -0.3 is 20.2 Å². The molecule has 1 aromatic rings. The lowest BCUT2D eigenvalue weighted by Crippen LogP contribution is -2.39. The summed E-state index contributed by atoms with van der Waals surface area (Å²) >= 11 is 0. The van der Waals surface area contributed by atoms with Gasteiger partial charge in [0.05, 0.1) is 6.61 Å². The van der Waals surface area contributed by atoms with Crippen LogP contribution < -0.4 is 4.73 Å². The van der Waals surface area contributed by atoms with Crippen molar-refractivity contribution >= 4 is 5.97 Å². The van der Waals surface area contributed by atoms with Crippen LogP contribution in [0.5, 0.6) is 0 Å². The van der Waals surface area contributed by atoms with E-state index >= 15 is 0 Å². The topological polar surface area (TPSA) is 93.7 Å². The number of ether oxygens (including phenoxy) is 1. The number of rotatable bonds is 4. The molecule has 0 aromatic carbocycles. The average molecular weight is 227 g/mol. The third-order valence-electron chi connectivity index (χ3n) is 1.98. The van der Waals surface area contributed by atoms with E-state index in [2.05, 4.69) is 4.74 Å². The third-order valence-corrected chi connectivity index (χ3v) is 1.98. The lowest BCUT2D eigenvalue weighted by atomic mass is 10.1. The fourth-order valence-electron chi connectivity index (χ4n) is 1.19. The molecule has 2 atom stereocenters. The maximum absolute atomic E-state index is 11.2. The van der Waals surface area contributed by atoms with Crippen LogP contribution in [0.15, 0.2) is 24.4 Å². The van der Waals surface area contributed by atoms with Crippen molar-refractivity contribution < 1.29 is 24.5 Å². The summed E-state index contributed by atoms with van der Waals surface area (Å²) in [5.41, 5.74) is -0.108. The molecule has 6 heteroatoms. The molecule has 0 bridgehead atoms. The second kappa shape index (κ2) is 5.43. The van der Waals surface area contributed by atoms with E-state index in [9.17, 15) is 20.2 Å². The quantitative estimate of drug-likeness (QED) is 0.402. The number of hydrogen-bond acceptors (Lipinski definition) is 5. The highest BCUT2D eigenvalue weighted by molar-refractivity contribution is 5.75. The Kier molecular flexibility index (Phi) is 4.21. The largest absolute Gasteiger partial charge is 0.618 e. The Labute approximate surface area is 92.3 Å². The Morgan fingerprint density at radius 1 is 1.56 bits per heavy atom. The van der Waals surface area contributed by atoms with Gasteiger partial charge in [-0.15, -0.1) is 0 Å². The summed E-state index contributed by atoms with van der Waals surface area (Å²) in [7, 11) is 0. The van der Waals surface area contributed by atoms with E-state index in [1.54, 1.807) is 6.92 Å². The molecule has 2 N–H and O–H groups in total. The van der Waals surface area contributed by atoms with Gasteiger partial charge in [-0.05, 0) is 13.0 Å². The van der Waals surface area contributed by atoms with Crippen molar-refractivity contribution in [2.24, 2.45) is 0 Å². The van der Waals surface area contributed by atoms with Gasteiger partial charge in [0.25, 0.3) is 0 Å². The van der Waals surface area contributed by atoms with Crippen LogP contribution in [0.3, 0.4) is 0 Å². The molecule has 16 heavy (non-hydrogen) atoms. The van der Waals surface area contributed by atoms with Gasteiger partial charge in [-0.3, -0.25) is 0 Å². The summed E-state index contributed by atoms with van der Waals surface area (Å²) in [6, 6.07) is 4.31. The van der Waals surface area contributed by atoms with Crippen molar-refractivity contribution in [3.05, 3.63) is 35.3 Å². The molecule has 0 saturated carbocycles. The smallest absolute Gasteiger partial charge is 0.338 e. The highest BCUT2D eigenvalue weighted by atomic mass is 16.5. The number of carbonyl (C=O) groups is 1. The second-order valence-electron chi connectivity index (χ2n) is 3.09. The minimum Gasteiger partial charge on any atom is -0.618 e. The average Bonchev–Trinajstić information content (AvgIpc) is 2.28. The molecule has 88 valence electrons. The summed E-state index contributed by atoms with van der Waals surface area (Å²) in [6.45, 7) is 1.67. The number of aliphatic hydroxyl groups excluding tert-OH is 2. The van der Waals surface area contributed by atoms with Crippen LogP contribution >= 0.6 is 0 Å². The van der Waals surface area contributed by atoms with Crippen LogP contribution in [0.2, 0.25) is 0 Å². The van der Waals surface area contributed by atoms with Crippen LogP contribution in [-0.4, -0.2) is 28.9 Å². The van der Waals surface area contributed by atoms with E-state index in [1.165, 1.54) is 18.2 Å². The van der Waals surface area contributed by atoms with Gasteiger partial charge in [0.2, 0.25) is 5.69 Å². The number of nitrogens with zero attached hydrogens (tertiary/aromatic N) is 1. The molecular weight excluding hydrogens is 214 g/mol. The van der Waals surface area contributed by atoms with Crippen LogP contribution in [-0.2, 0) is 9.53 Å². The maximum atomic E-state index is 11.2. The number of pyridine rings is 1. The van der Waals surface area contributed by atoms with Gasteiger partial charge in [0.15, 0.2) is 18.4 Å².